The molecule has 1 N–H and O–H groups in total. The second-order valence-electron chi connectivity index (χ2n) is 12.0. The van der Waals surface area contributed by atoms with Gasteiger partial charge >= 0.3 is 0 Å². The van der Waals surface area contributed by atoms with E-state index in [-0.39, 0.29) is 18.8 Å². The maximum absolute atomic E-state index is 9.27. The number of hydrogen-bond acceptors (Lipinski definition) is 10. The smallest absolute Gasteiger partial charge is 0.214 e. The summed E-state index contributed by atoms with van der Waals surface area (Å²) in [6, 6.07) is 20.5. The van der Waals surface area contributed by atoms with Crippen molar-refractivity contribution in [2.75, 3.05) is 26.4 Å². The Labute approximate surface area is 313 Å². The Balaban J connectivity index is 0.000000175. The van der Waals surface area contributed by atoms with E-state index in [4.69, 9.17) is 58.5 Å². The molecule has 0 amide bonds. The van der Waals surface area contributed by atoms with Gasteiger partial charge in [-0.15, -0.1) is 11.3 Å². The molecule has 0 saturated carbocycles. The molecule has 2 aliphatic rings. The van der Waals surface area contributed by atoms with Crippen molar-refractivity contribution in [1.29, 1.82) is 0 Å². The molecule has 2 aliphatic heterocycles. The lowest BCUT2D eigenvalue weighted by molar-refractivity contribution is -0.191. The highest BCUT2D eigenvalue weighted by Gasteiger charge is 2.44. The number of aromatic nitrogens is 5. The van der Waals surface area contributed by atoms with Crippen LogP contribution in [-0.4, -0.2) is 67.8 Å². The van der Waals surface area contributed by atoms with Gasteiger partial charge in [-0.2, -0.15) is 0 Å². The third-order valence-electron chi connectivity index (χ3n) is 8.31. The Morgan fingerprint density at radius 1 is 0.765 bits per heavy atom. The zero-order valence-corrected chi connectivity index (χ0v) is 30.3. The van der Waals surface area contributed by atoms with Crippen LogP contribution >= 0.6 is 46.1 Å². The number of rotatable bonds is 11. The maximum Gasteiger partial charge on any atom is 0.214 e. The van der Waals surface area contributed by atoms with Gasteiger partial charge in [0.25, 0.3) is 0 Å². The molecule has 51 heavy (non-hydrogen) atoms. The predicted molar refractivity (Wildman–Crippen MR) is 194 cm³/mol. The Morgan fingerprint density at radius 2 is 1.31 bits per heavy atom. The van der Waals surface area contributed by atoms with E-state index in [1.54, 1.807) is 48.5 Å². The van der Waals surface area contributed by atoms with Crippen molar-refractivity contribution in [3.8, 4) is 0 Å². The minimum atomic E-state index is -0.925. The molecule has 0 aliphatic carbocycles. The average Bonchev–Trinajstić information content (AvgIpc) is 3.99. The lowest BCUT2D eigenvalue weighted by atomic mass is 10.1. The Morgan fingerprint density at radius 3 is 1.84 bits per heavy atom. The van der Waals surface area contributed by atoms with Crippen LogP contribution in [0.3, 0.4) is 0 Å². The van der Waals surface area contributed by atoms with E-state index in [1.165, 1.54) is 0 Å². The Hall–Kier alpha value is -3.40. The topological polar surface area (TPSA) is 115 Å². The number of hydrogen-bond donors (Lipinski definition) is 1. The molecule has 3 aromatic heterocycles. The number of halogens is 3. The van der Waals surface area contributed by atoms with Crippen LogP contribution in [0, 0.1) is 0 Å². The van der Waals surface area contributed by atoms with Crippen molar-refractivity contribution < 1.29 is 28.8 Å². The quantitative estimate of drug-likeness (QED) is 0.148. The first-order valence-electron chi connectivity index (χ1n) is 16.1. The van der Waals surface area contributed by atoms with Crippen LogP contribution in [0.1, 0.15) is 16.1 Å². The molecule has 6 aromatic rings. The lowest BCUT2D eigenvalue weighted by Gasteiger charge is -2.29. The third-order valence-corrected chi connectivity index (χ3v) is 10.0. The first-order chi connectivity index (χ1) is 24.8. The summed E-state index contributed by atoms with van der Waals surface area (Å²) >= 11 is 19.6. The molecule has 15 heteroatoms. The fourth-order valence-electron chi connectivity index (χ4n) is 5.89. The van der Waals surface area contributed by atoms with E-state index in [1.807, 2.05) is 76.1 Å². The molecular weight excluding hydrogens is 737 g/mol. The van der Waals surface area contributed by atoms with Crippen molar-refractivity contribution in [2.24, 2.45) is 0 Å². The highest BCUT2D eigenvalue weighted by atomic mass is 35.5. The SMILES string of the molecule is Clc1ccc([C@]2(Cn3ccnc3)OC[C@@H](COCc3nc4ccc(Cl)cc4s3)O2)cc1.OC[C@@H]1CO[C@@](Cn2ccnc2)(c2ccc(Cl)cc2)O1. The van der Waals surface area contributed by atoms with Crippen LogP contribution in [0.5, 0.6) is 0 Å². The summed E-state index contributed by atoms with van der Waals surface area (Å²) in [6.07, 6.45) is 10.1. The molecule has 5 heterocycles. The van der Waals surface area contributed by atoms with Crippen LogP contribution in [0.25, 0.3) is 10.2 Å². The van der Waals surface area contributed by atoms with Gasteiger partial charge in [0.15, 0.2) is 0 Å². The number of thiazole rings is 1. The maximum atomic E-state index is 9.27. The van der Waals surface area contributed by atoms with Crippen molar-refractivity contribution in [1.82, 2.24) is 24.1 Å². The number of imidazole rings is 2. The van der Waals surface area contributed by atoms with Gasteiger partial charge in [0.2, 0.25) is 11.6 Å². The van der Waals surface area contributed by atoms with Crippen LogP contribution in [0.15, 0.2) is 104 Å². The Bertz CT molecular complexity index is 2000. The molecule has 4 atom stereocenters. The van der Waals surface area contributed by atoms with Gasteiger partial charge in [-0.1, -0.05) is 59.1 Å². The molecule has 0 bridgehead atoms. The summed E-state index contributed by atoms with van der Waals surface area (Å²) in [6.45, 7) is 2.46. The first-order valence-corrected chi connectivity index (χ1v) is 18.1. The molecule has 2 fully saturated rings. The van der Waals surface area contributed by atoms with Crippen molar-refractivity contribution in [2.45, 2.75) is 43.5 Å². The van der Waals surface area contributed by atoms with Gasteiger partial charge in [0.1, 0.15) is 17.2 Å². The number of benzene rings is 3. The number of nitrogens with zero attached hydrogens (tertiary/aromatic N) is 5. The third kappa shape index (κ3) is 8.64. The number of ether oxygens (including phenoxy) is 5. The number of aliphatic hydroxyl groups excluding tert-OH is 1. The molecule has 0 unspecified atom stereocenters. The summed E-state index contributed by atoms with van der Waals surface area (Å²) in [5.41, 5.74) is 2.69. The second-order valence-corrected chi connectivity index (χ2v) is 14.4. The molecule has 2 saturated heterocycles. The summed E-state index contributed by atoms with van der Waals surface area (Å²) in [5, 5.41) is 12.2. The zero-order chi connectivity index (χ0) is 35.3. The van der Waals surface area contributed by atoms with E-state index in [0.29, 0.717) is 54.6 Å². The van der Waals surface area contributed by atoms with Crippen molar-refractivity contribution in [3.63, 3.8) is 0 Å². The van der Waals surface area contributed by atoms with Crippen LogP contribution in [0.2, 0.25) is 15.1 Å². The fraction of sp³-hybridized carbons (Fsp3) is 0.306. The zero-order valence-electron chi connectivity index (χ0n) is 27.2. The summed E-state index contributed by atoms with van der Waals surface area (Å²) in [7, 11) is 0. The lowest BCUT2D eigenvalue weighted by Crippen LogP contribution is -2.34. The van der Waals surface area contributed by atoms with E-state index in [0.717, 1.165) is 26.4 Å². The van der Waals surface area contributed by atoms with Crippen molar-refractivity contribution in [3.05, 3.63) is 135 Å². The van der Waals surface area contributed by atoms with Gasteiger partial charge in [-0.05, 0) is 42.5 Å². The van der Waals surface area contributed by atoms with Gasteiger partial charge in [0.05, 0.1) is 69.0 Å². The van der Waals surface area contributed by atoms with Gasteiger partial charge < -0.3 is 37.9 Å². The monoisotopic (exact) mass is 769 g/mol. The van der Waals surface area contributed by atoms with Gasteiger partial charge in [-0.3, -0.25) is 0 Å². The molecule has 0 spiro atoms. The summed E-state index contributed by atoms with van der Waals surface area (Å²) < 4.78 is 35.2. The standard InChI is InChI=1S/C22H19Cl2N3O3S.C14H15ClN2O3/c23-16-3-1-15(2-4-16)22(13-27-8-7-25-14-27)29-11-18(30-22)10-28-12-21-26-19-6-5-17(24)9-20(19)31-21;15-12-3-1-11(2-4-12)14(9-17-6-5-16-10-17)19-8-13(7-18)20-14/h1-9,14,18H,10-13H2;1-6,10,13,18H,7-9H2/t18-,22-;13-,14-/m11/s1. The summed E-state index contributed by atoms with van der Waals surface area (Å²) in [4.78, 5) is 12.7. The second kappa shape index (κ2) is 16.1. The molecule has 8 rings (SSSR count). The van der Waals surface area contributed by atoms with Crippen LogP contribution in [0.4, 0.5) is 0 Å². The fourth-order valence-corrected chi connectivity index (χ4v) is 7.32. The minimum Gasteiger partial charge on any atom is -0.394 e. The largest absolute Gasteiger partial charge is 0.394 e. The highest BCUT2D eigenvalue weighted by Crippen LogP contribution is 2.38. The van der Waals surface area contributed by atoms with Crippen LogP contribution in [-0.2, 0) is 55.0 Å². The molecule has 11 nitrogen and oxygen atoms in total. The molecule has 3 aromatic carbocycles. The predicted octanol–water partition coefficient (Wildman–Crippen LogP) is 7.08. The summed E-state index contributed by atoms with van der Waals surface area (Å²) in [5.74, 6) is -1.84. The van der Waals surface area contributed by atoms with E-state index in [9.17, 15) is 5.11 Å². The Kier molecular flexibility index (Phi) is 11.4. The van der Waals surface area contributed by atoms with Crippen LogP contribution < -0.4 is 0 Å². The molecule has 266 valence electrons. The first kappa shape index (κ1) is 36.0. The van der Waals surface area contributed by atoms with Gasteiger partial charge in [-0.25, -0.2) is 15.0 Å². The van der Waals surface area contributed by atoms with E-state index in [2.05, 4.69) is 15.0 Å². The number of fused-ring (bicyclic) bond motifs is 1. The minimum absolute atomic E-state index is 0.0702. The van der Waals surface area contributed by atoms with Crippen molar-refractivity contribution >= 4 is 56.4 Å². The molecular formula is C36H34Cl3N5O6S. The normalized spacial score (nSPS) is 23.1. The average molecular weight is 771 g/mol. The highest BCUT2D eigenvalue weighted by molar-refractivity contribution is 7.18. The van der Waals surface area contributed by atoms with E-state index >= 15 is 0 Å². The number of aliphatic hydroxyl groups is 1. The van der Waals surface area contributed by atoms with E-state index < -0.39 is 11.6 Å². The van der Waals surface area contributed by atoms with Gasteiger partial charge in [0, 0.05) is 51.0 Å². The molecule has 0 radical (unpaired) electrons.